The summed E-state index contributed by atoms with van der Waals surface area (Å²) in [5.74, 6) is 5.59. The molecule has 0 radical (unpaired) electrons. The number of carbonyl (C=O) groups is 1. The van der Waals surface area contributed by atoms with Gasteiger partial charge in [0.2, 0.25) is 5.91 Å². The molecule has 0 aromatic heterocycles. The Labute approximate surface area is 123 Å². The summed E-state index contributed by atoms with van der Waals surface area (Å²) in [5.41, 5.74) is 6.69. The van der Waals surface area contributed by atoms with E-state index in [1.54, 1.807) is 18.2 Å². The van der Waals surface area contributed by atoms with Gasteiger partial charge in [-0.1, -0.05) is 23.4 Å². The minimum atomic E-state index is -0.0741. The molecule has 0 saturated carbocycles. The molecule has 1 unspecified atom stereocenters. The predicted octanol–water partition coefficient (Wildman–Crippen LogP) is 2.16. The number of anilines is 1. The molecule has 2 rings (SSSR count). The van der Waals surface area contributed by atoms with Crippen LogP contribution >= 0.6 is 11.6 Å². The first-order valence-electron chi connectivity index (χ1n) is 6.59. The van der Waals surface area contributed by atoms with Gasteiger partial charge in [-0.3, -0.25) is 4.79 Å². The van der Waals surface area contributed by atoms with Crippen molar-refractivity contribution in [2.45, 2.75) is 25.4 Å². The van der Waals surface area contributed by atoms with Crippen LogP contribution in [0.15, 0.2) is 18.2 Å². The van der Waals surface area contributed by atoms with Gasteiger partial charge in [-0.05, 0) is 31.0 Å². The standard InChI is InChI=1S/C15H17ClN2O2/c16-12-5-6-14(11(9-12)3-1-7-17)18-15(19)10-13-4-2-8-20-13/h5-6,9,13H,2,4,7-8,10,17H2,(H,18,19). The van der Waals surface area contributed by atoms with Crippen LogP contribution < -0.4 is 11.1 Å². The maximum Gasteiger partial charge on any atom is 0.227 e. The van der Waals surface area contributed by atoms with Crippen molar-refractivity contribution in [1.82, 2.24) is 0 Å². The zero-order valence-electron chi connectivity index (χ0n) is 11.1. The van der Waals surface area contributed by atoms with Gasteiger partial charge in [0.15, 0.2) is 0 Å². The Hall–Kier alpha value is -1.54. The van der Waals surface area contributed by atoms with E-state index < -0.39 is 0 Å². The molecule has 1 aromatic carbocycles. The van der Waals surface area contributed by atoms with Crippen LogP contribution in [0.4, 0.5) is 5.69 Å². The molecule has 1 fully saturated rings. The van der Waals surface area contributed by atoms with Crippen molar-refractivity contribution in [3.05, 3.63) is 28.8 Å². The van der Waals surface area contributed by atoms with Crippen LogP contribution in [-0.4, -0.2) is 25.2 Å². The fraction of sp³-hybridized carbons (Fsp3) is 0.400. The van der Waals surface area contributed by atoms with Gasteiger partial charge in [0.05, 0.1) is 24.8 Å². The Morgan fingerprint density at radius 2 is 2.40 bits per heavy atom. The molecular weight excluding hydrogens is 276 g/mol. The maximum absolute atomic E-state index is 12.0. The van der Waals surface area contributed by atoms with E-state index in [4.69, 9.17) is 22.1 Å². The molecule has 1 heterocycles. The Morgan fingerprint density at radius 1 is 1.55 bits per heavy atom. The van der Waals surface area contributed by atoms with E-state index in [1.165, 1.54) is 0 Å². The Kier molecular flexibility index (Phi) is 5.42. The highest BCUT2D eigenvalue weighted by Gasteiger charge is 2.19. The van der Waals surface area contributed by atoms with Gasteiger partial charge >= 0.3 is 0 Å². The van der Waals surface area contributed by atoms with E-state index >= 15 is 0 Å². The second-order valence-electron chi connectivity index (χ2n) is 4.58. The molecule has 5 heteroatoms. The number of hydrogen-bond acceptors (Lipinski definition) is 3. The summed E-state index contributed by atoms with van der Waals surface area (Å²) in [5, 5.41) is 3.43. The lowest BCUT2D eigenvalue weighted by Crippen LogP contribution is -2.19. The molecule has 1 aliphatic rings. The van der Waals surface area contributed by atoms with E-state index in [9.17, 15) is 4.79 Å². The van der Waals surface area contributed by atoms with E-state index in [-0.39, 0.29) is 18.6 Å². The lowest BCUT2D eigenvalue weighted by Gasteiger charge is -2.11. The quantitative estimate of drug-likeness (QED) is 0.839. The largest absolute Gasteiger partial charge is 0.378 e. The number of carbonyl (C=O) groups excluding carboxylic acids is 1. The number of halogens is 1. The molecule has 1 atom stereocenters. The zero-order valence-corrected chi connectivity index (χ0v) is 11.9. The lowest BCUT2D eigenvalue weighted by molar-refractivity contribution is -0.118. The zero-order chi connectivity index (χ0) is 14.4. The monoisotopic (exact) mass is 292 g/mol. The number of ether oxygens (including phenoxy) is 1. The smallest absolute Gasteiger partial charge is 0.227 e. The predicted molar refractivity (Wildman–Crippen MR) is 79.6 cm³/mol. The molecule has 1 aromatic rings. The second-order valence-corrected chi connectivity index (χ2v) is 5.02. The van der Waals surface area contributed by atoms with Gasteiger partial charge < -0.3 is 15.8 Å². The van der Waals surface area contributed by atoms with Gasteiger partial charge in [0.25, 0.3) is 0 Å². The van der Waals surface area contributed by atoms with Crippen molar-refractivity contribution in [2.24, 2.45) is 5.73 Å². The number of amides is 1. The van der Waals surface area contributed by atoms with Crippen molar-refractivity contribution in [2.75, 3.05) is 18.5 Å². The van der Waals surface area contributed by atoms with Crippen LogP contribution in [0.3, 0.4) is 0 Å². The van der Waals surface area contributed by atoms with Crippen LogP contribution in [0.1, 0.15) is 24.8 Å². The average molecular weight is 293 g/mol. The molecule has 1 amide bonds. The third kappa shape index (κ3) is 4.24. The molecule has 0 aliphatic carbocycles. The molecule has 3 N–H and O–H groups in total. The van der Waals surface area contributed by atoms with Crippen molar-refractivity contribution in [1.29, 1.82) is 0 Å². The summed E-state index contributed by atoms with van der Waals surface area (Å²) in [4.78, 5) is 12.0. The Bertz CT molecular complexity index is 543. The van der Waals surface area contributed by atoms with E-state index in [0.717, 1.165) is 19.4 Å². The second kappa shape index (κ2) is 7.30. The molecule has 1 aliphatic heterocycles. The molecule has 20 heavy (non-hydrogen) atoms. The van der Waals surface area contributed by atoms with Crippen LogP contribution in [0, 0.1) is 11.8 Å². The summed E-state index contributed by atoms with van der Waals surface area (Å²) in [6.07, 6.45) is 2.35. The van der Waals surface area contributed by atoms with E-state index in [2.05, 4.69) is 17.2 Å². The number of nitrogens with one attached hydrogen (secondary N) is 1. The van der Waals surface area contributed by atoms with E-state index in [0.29, 0.717) is 22.7 Å². The number of hydrogen-bond donors (Lipinski definition) is 2. The summed E-state index contributed by atoms with van der Waals surface area (Å²) in [6.45, 7) is 1.00. The van der Waals surface area contributed by atoms with Crippen LogP contribution in [-0.2, 0) is 9.53 Å². The van der Waals surface area contributed by atoms with Crippen LogP contribution in [0.25, 0.3) is 0 Å². The molecule has 1 saturated heterocycles. The van der Waals surface area contributed by atoms with Crippen molar-refractivity contribution < 1.29 is 9.53 Å². The third-order valence-corrected chi connectivity index (χ3v) is 3.25. The minimum absolute atomic E-state index is 0.0286. The first-order chi connectivity index (χ1) is 9.69. The first kappa shape index (κ1) is 14.9. The minimum Gasteiger partial charge on any atom is -0.378 e. The Morgan fingerprint density at radius 3 is 3.10 bits per heavy atom. The molecule has 0 bridgehead atoms. The fourth-order valence-corrected chi connectivity index (χ4v) is 2.26. The van der Waals surface area contributed by atoms with E-state index in [1.807, 2.05) is 0 Å². The summed E-state index contributed by atoms with van der Waals surface area (Å²) in [6, 6.07) is 5.18. The topological polar surface area (TPSA) is 64.3 Å². The molecule has 0 spiro atoms. The molecule has 106 valence electrons. The van der Waals surface area contributed by atoms with Crippen molar-refractivity contribution in [3.8, 4) is 11.8 Å². The van der Waals surface area contributed by atoms with Crippen LogP contribution in [0.2, 0.25) is 5.02 Å². The summed E-state index contributed by atoms with van der Waals surface area (Å²) in [7, 11) is 0. The average Bonchev–Trinajstić information content (AvgIpc) is 2.91. The van der Waals surface area contributed by atoms with Gasteiger partial charge in [0, 0.05) is 17.2 Å². The van der Waals surface area contributed by atoms with Gasteiger partial charge in [0.1, 0.15) is 0 Å². The van der Waals surface area contributed by atoms with Crippen molar-refractivity contribution >= 4 is 23.2 Å². The number of rotatable bonds is 3. The normalized spacial score (nSPS) is 17.4. The van der Waals surface area contributed by atoms with Crippen molar-refractivity contribution in [3.63, 3.8) is 0 Å². The third-order valence-electron chi connectivity index (χ3n) is 3.02. The first-order valence-corrected chi connectivity index (χ1v) is 6.97. The SMILES string of the molecule is NCC#Cc1cc(Cl)ccc1NC(=O)CC1CCCO1. The highest BCUT2D eigenvalue weighted by Crippen LogP contribution is 2.21. The Balaban J connectivity index is 2.05. The van der Waals surface area contributed by atoms with Gasteiger partial charge in [-0.25, -0.2) is 0 Å². The molecule has 4 nitrogen and oxygen atoms in total. The highest BCUT2D eigenvalue weighted by atomic mass is 35.5. The summed E-state index contributed by atoms with van der Waals surface area (Å²) >= 11 is 5.94. The highest BCUT2D eigenvalue weighted by molar-refractivity contribution is 6.30. The maximum atomic E-state index is 12.0. The van der Waals surface area contributed by atoms with Gasteiger partial charge in [-0.15, -0.1) is 0 Å². The molecular formula is C15H17ClN2O2. The number of nitrogens with two attached hydrogens (primary N) is 1. The fourth-order valence-electron chi connectivity index (χ4n) is 2.09. The number of benzene rings is 1. The van der Waals surface area contributed by atoms with Gasteiger partial charge in [-0.2, -0.15) is 0 Å². The lowest BCUT2D eigenvalue weighted by atomic mass is 10.1. The van der Waals surface area contributed by atoms with Crippen LogP contribution in [0.5, 0.6) is 0 Å². The summed E-state index contributed by atoms with van der Waals surface area (Å²) < 4.78 is 5.45.